The molecule has 1 saturated heterocycles. The number of piperidine rings is 1. The number of aryl methyl sites for hydroxylation is 1. The first-order valence-corrected chi connectivity index (χ1v) is 13.9. The summed E-state index contributed by atoms with van der Waals surface area (Å²) in [6, 6.07) is 4.56. The quantitative estimate of drug-likeness (QED) is 0.414. The van der Waals surface area contributed by atoms with Gasteiger partial charge in [0.1, 0.15) is 11.4 Å². The van der Waals surface area contributed by atoms with Crippen LogP contribution in [0.3, 0.4) is 0 Å². The normalized spacial score (nSPS) is 23.1. The topological polar surface area (TPSA) is 70.0 Å². The highest BCUT2D eigenvalue weighted by molar-refractivity contribution is 5.95. The molecule has 0 amide bonds. The Morgan fingerprint density at radius 2 is 1.81 bits per heavy atom. The van der Waals surface area contributed by atoms with E-state index in [0.717, 1.165) is 66.6 Å². The number of methoxy groups -OCH3 is 1. The summed E-state index contributed by atoms with van der Waals surface area (Å²) >= 11 is 0. The summed E-state index contributed by atoms with van der Waals surface area (Å²) in [5, 5.41) is 1.04. The fourth-order valence-corrected chi connectivity index (χ4v) is 6.32. The van der Waals surface area contributed by atoms with Crippen LogP contribution in [0.15, 0.2) is 18.3 Å². The van der Waals surface area contributed by atoms with Gasteiger partial charge in [-0.1, -0.05) is 6.42 Å². The lowest BCUT2D eigenvalue weighted by Crippen LogP contribution is -2.45. The van der Waals surface area contributed by atoms with Crippen LogP contribution in [0.2, 0.25) is 0 Å². The van der Waals surface area contributed by atoms with Crippen molar-refractivity contribution in [2.75, 3.05) is 20.3 Å². The number of aromatic nitrogens is 1. The van der Waals surface area contributed by atoms with Gasteiger partial charge < -0.3 is 14.2 Å². The Morgan fingerprint density at radius 1 is 1.08 bits per heavy atom. The molecule has 1 saturated carbocycles. The Balaban J connectivity index is 1.59. The number of fused-ring (bicyclic) bond motifs is 1. The van der Waals surface area contributed by atoms with Gasteiger partial charge in [-0.2, -0.15) is 0 Å². The maximum Gasteiger partial charge on any atom is 0.419 e. The standard InChI is InChI=1S/C30H44N2O5/c1-7-36-28(33)22-13-11-21(12-14-22)25-10-8-9-16-31(25)19-24-23-15-17-32(29(34)37-30(3,4)5)27(23)20(2)18-26(24)35-6/h15,17-18,21-22,25H,7-14,16,19H2,1-6H3. The fourth-order valence-electron chi connectivity index (χ4n) is 6.32. The first-order chi connectivity index (χ1) is 17.6. The van der Waals surface area contributed by atoms with E-state index in [1.165, 1.54) is 19.3 Å². The monoisotopic (exact) mass is 512 g/mol. The summed E-state index contributed by atoms with van der Waals surface area (Å²) in [6.45, 7) is 11.8. The van der Waals surface area contributed by atoms with Crippen molar-refractivity contribution in [3.63, 3.8) is 0 Å². The second-order valence-corrected chi connectivity index (χ2v) is 11.7. The van der Waals surface area contributed by atoms with Crippen LogP contribution >= 0.6 is 0 Å². The van der Waals surface area contributed by atoms with Crippen molar-refractivity contribution in [3.05, 3.63) is 29.5 Å². The van der Waals surface area contributed by atoms with Crippen LogP contribution in [-0.2, 0) is 20.8 Å². The molecule has 37 heavy (non-hydrogen) atoms. The Labute approximate surface area is 221 Å². The number of likely N-dealkylation sites (tertiary alicyclic amines) is 1. The Hall–Kier alpha value is -2.54. The van der Waals surface area contributed by atoms with Gasteiger partial charge >= 0.3 is 12.1 Å². The predicted molar refractivity (Wildman–Crippen MR) is 145 cm³/mol. The summed E-state index contributed by atoms with van der Waals surface area (Å²) in [6.07, 6.45) is 9.05. The minimum Gasteiger partial charge on any atom is -0.496 e. The zero-order valence-electron chi connectivity index (χ0n) is 23.5. The van der Waals surface area contributed by atoms with Crippen LogP contribution in [0.1, 0.15) is 83.8 Å². The number of hydrogen-bond donors (Lipinski definition) is 0. The predicted octanol–water partition coefficient (Wildman–Crippen LogP) is 6.47. The lowest BCUT2D eigenvalue weighted by atomic mass is 9.76. The van der Waals surface area contributed by atoms with Gasteiger partial charge in [0.2, 0.25) is 0 Å². The largest absolute Gasteiger partial charge is 0.496 e. The molecule has 2 aliphatic rings. The van der Waals surface area contributed by atoms with Crippen molar-refractivity contribution in [2.45, 2.75) is 97.8 Å². The van der Waals surface area contributed by atoms with Crippen molar-refractivity contribution in [1.29, 1.82) is 0 Å². The minimum absolute atomic E-state index is 0.0252. The number of benzene rings is 1. The maximum absolute atomic E-state index is 13.0. The van der Waals surface area contributed by atoms with E-state index in [4.69, 9.17) is 14.2 Å². The minimum atomic E-state index is -0.565. The van der Waals surface area contributed by atoms with Gasteiger partial charge in [-0.15, -0.1) is 0 Å². The van der Waals surface area contributed by atoms with E-state index in [1.54, 1.807) is 11.7 Å². The number of carbonyl (C=O) groups is 2. The summed E-state index contributed by atoms with van der Waals surface area (Å²) in [7, 11) is 1.72. The number of carbonyl (C=O) groups excluding carboxylic acids is 2. The molecule has 2 fully saturated rings. The highest BCUT2D eigenvalue weighted by Gasteiger charge is 2.36. The first kappa shape index (κ1) is 27.5. The molecule has 1 aromatic heterocycles. The molecule has 0 bridgehead atoms. The summed E-state index contributed by atoms with van der Waals surface area (Å²) < 4.78 is 18.5. The number of esters is 1. The molecule has 0 N–H and O–H groups in total. The van der Waals surface area contributed by atoms with Gasteiger partial charge in [0.05, 0.1) is 25.2 Å². The van der Waals surface area contributed by atoms with Crippen molar-refractivity contribution >= 4 is 23.0 Å². The highest BCUT2D eigenvalue weighted by atomic mass is 16.6. The maximum atomic E-state index is 13.0. The van der Waals surface area contributed by atoms with E-state index >= 15 is 0 Å². The molecule has 7 heteroatoms. The van der Waals surface area contributed by atoms with Crippen molar-refractivity contribution in [1.82, 2.24) is 9.47 Å². The average Bonchev–Trinajstić information content (AvgIpc) is 3.31. The van der Waals surface area contributed by atoms with E-state index in [1.807, 2.05) is 52.9 Å². The number of nitrogens with zero attached hydrogens (tertiary/aromatic N) is 2. The van der Waals surface area contributed by atoms with Crippen LogP contribution in [-0.4, -0.2) is 53.4 Å². The lowest BCUT2D eigenvalue weighted by Gasteiger charge is -2.43. The van der Waals surface area contributed by atoms with Gasteiger partial charge in [0, 0.05) is 29.7 Å². The smallest absolute Gasteiger partial charge is 0.419 e. The molecule has 1 aromatic carbocycles. The molecule has 4 rings (SSSR count). The highest BCUT2D eigenvalue weighted by Crippen LogP contribution is 2.39. The molecular formula is C30H44N2O5. The van der Waals surface area contributed by atoms with Crippen LogP contribution < -0.4 is 4.74 Å². The van der Waals surface area contributed by atoms with E-state index < -0.39 is 5.60 Å². The fraction of sp³-hybridized carbons (Fsp3) is 0.667. The molecule has 2 heterocycles. The van der Waals surface area contributed by atoms with Crippen LogP contribution in [0.5, 0.6) is 5.75 Å². The van der Waals surface area contributed by atoms with Crippen molar-refractivity contribution in [2.24, 2.45) is 11.8 Å². The Bertz CT molecular complexity index is 1110. The van der Waals surface area contributed by atoms with Gasteiger partial charge in [0.15, 0.2) is 0 Å². The number of ether oxygens (including phenoxy) is 3. The van der Waals surface area contributed by atoms with Crippen LogP contribution in [0.25, 0.3) is 10.9 Å². The van der Waals surface area contributed by atoms with E-state index in [2.05, 4.69) is 4.90 Å². The van der Waals surface area contributed by atoms with Crippen LogP contribution in [0.4, 0.5) is 4.79 Å². The second kappa shape index (κ2) is 11.5. The average molecular weight is 513 g/mol. The lowest BCUT2D eigenvalue weighted by molar-refractivity contribution is -0.149. The third-order valence-corrected chi connectivity index (χ3v) is 8.00. The van der Waals surface area contributed by atoms with Gasteiger partial charge in [-0.25, -0.2) is 4.79 Å². The molecule has 0 spiro atoms. The zero-order valence-corrected chi connectivity index (χ0v) is 23.5. The van der Waals surface area contributed by atoms with Crippen molar-refractivity contribution in [3.8, 4) is 5.75 Å². The molecule has 2 aromatic rings. The first-order valence-electron chi connectivity index (χ1n) is 13.9. The van der Waals surface area contributed by atoms with Gasteiger partial charge in [-0.3, -0.25) is 14.3 Å². The molecular weight excluding hydrogens is 468 g/mol. The van der Waals surface area contributed by atoms with Crippen molar-refractivity contribution < 1.29 is 23.8 Å². The molecule has 0 radical (unpaired) electrons. The molecule has 1 aliphatic carbocycles. The molecule has 7 nitrogen and oxygen atoms in total. The van der Waals surface area contributed by atoms with Crippen LogP contribution in [0, 0.1) is 18.8 Å². The van der Waals surface area contributed by atoms with E-state index in [-0.39, 0.29) is 18.0 Å². The Morgan fingerprint density at radius 3 is 2.46 bits per heavy atom. The van der Waals surface area contributed by atoms with E-state index in [9.17, 15) is 9.59 Å². The van der Waals surface area contributed by atoms with E-state index in [0.29, 0.717) is 18.6 Å². The third-order valence-electron chi connectivity index (χ3n) is 8.00. The summed E-state index contributed by atoms with van der Waals surface area (Å²) in [4.78, 5) is 27.9. The third kappa shape index (κ3) is 6.14. The molecule has 1 atom stereocenters. The summed E-state index contributed by atoms with van der Waals surface area (Å²) in [5.41, 5.74) is 2.43. The van der Waals surface area contributed by atoms with Gasteiger partial charge in [0.25, 0.3) is 0 Å². The number of hydrogen-bond acceptors (Lipinski definition) is 6. The van der Waals surface area contributed by atoms with Gasteiger partial charge in [-0.05, 0) is 103 Å². The molecule has 1 unspecified atom stereocenters. The Kier molecular flexibility index (Phi) is 8.52. The molecule has 1 aliphatic heterocycles. The SMILES string of the molecule is CCOC(=O)C1CCC(C2CCCCN2Cc2c(OC)cc(C)c3c2ccn3C(=O)OC(C)(C)C)CC1. The number of rotatable bonds is 6. The zero-order chi connectivity index (χ0) is 26.7. The summed E-state index contributed by atoms with van der Waals surface area (Å²) in [5.74, 6) is 1.48. The molecule has 204 valence electrons. The second-order valence-electron chi connectivity index (χ2n) is 11.7.